The van der Waals surface area contributed by atoms with Gasteiger partial charge in [0.25, 0.3) is 0 Å². The van der Waals surface area contributed by atoms with E-state index in [9.17, 15) is 4.79 Å². The van der Waals surface area contributed by atoms with E-state index in [1.807, 2.05) is 0 Å². The van der Waals surface area contributed by atoms with Crippen LogP contribution in [-0.2, 0) is 9.53 Å². The molecule has 122 valence electrons. The number of guanidine groups is 1. The van der Waals surface area contributed by atoms with Gasteiger partial charge >= 0.3 is 0 Å². The fraction of sp³-hybridized carbons (Fsp3) is 0.692. The van der Waals surface area contributed by atoms with E-state index in [2.05, 4.69) is 32.4 Å². The smallest absolute Gasteiger partial charge is 0.239 e. The average Bonchev–Trinajstić information content (AvgIpc) is 2.49. The molecule has 1 rings (SSSR count). The van der Waals surface area contributed by atoms with Crippen LogP contribution in [0.2, 0.25) is 0 Å². The first kappa shape index (κ1) is 20.1. The fourth-order valence-electron chi connectivity index (χ4n) is 1.79. The SMILES string of the molecule is C=CCNC(=O)CNC(=NC)NCCN1CCOCC1.I. The number of ether oxygens (including phenoxy) is 1. The number of amides is 1. The van der Waals surface area contributed by atoms with Crippen molar-refractivity contribution in [3.05, 3.63) is 12.7 Å². The highest BCUT2D eigenvalue weighted by Crippen LogP contribution is 1.94. The summed E-state index contributed by atoms with van der Waals surface area (Å²) in [6, 6.07) is 0. The normalized spacial score (nSPS) is 15.8. The minimum Gasteiger partial charge on any atom is -0.379 e. The van der Waals surface area contributed by atoms with Crippen molar-refractivity contribution in [3.63, 3.8) is 0 Å². The number of hydrogen-bond acceptors (Lipinski definition) is 4. The summed E-state index contributed by atoms with van der Waals surface area (Å²) in [5, 5.41) is 8.84. The highest BCUT2D eigenvalue weighted by atomic mass is 127. The molecule has 0 aliphatic carbocycles. The van der Waals surface area contributed by atoms with Gasteiger partial charge in [-0.05, 0) is 0 Å². The number of carbonyl (C=O) groups excluding carboxylic acids is 1. The van der Waals surface area contributed by atoms with Crippen LogP contribution in [-0.4, -0.2) is 76.3 Å². The Morgan fingerprint density at radius 1 is 1.33 bits per heavy atom. The summed E-state index contributed by atoms with van der Waals surface area (Å²) in [4.78, 5) is 17.8. The third-order valence-electron chi connectivity index (χ3n) is 2.91. The van der Waals surface area contributed by atoms with E-state index >= 15 is 0 Å². The number of aliphatic imine (C=N–C) groups is 1. The van der Waals surface area contributed by atoms with Gasteiger partial charge in [-0.2, -0.15) is 0 Å². The van der Waals surface area contributed by atoms with Crippen LogP contribution in [0.4, 0.5) is 0 Å². The van der Waals surface area contributed by atoms with Crippen LogP contribution < -0.4 is 16.0 Å². The lowest BCUT2D eigenvalue weighted by Gasteiger charge is -2.26. The first-order valence-corrected chi connectivity index (χ1v) is 6.88. The molecular formula is C13H26IN5O2. The van der Waals surface area contributed by atoms with Gasteiger partial charge in [0, 0.05) is 39.8 Å². The second-order valence-corrected chi connectivity index (χ2v) is 4.40. The molecule has 0 atom stereocenters. The molecule has 1 fully saturated rings. The molecule has 0 spiro atoms. The second-order valence-electron chi connectivity index (χ2n) is 4.40. The van der Waals surface area contributed by atoms with Crippen LogP contribution in [0.1, 0.15) is 0 Å². The molecule has 0 aromatic carbocycles. The minimum absolute atomic E-state index is 0. The molecular weight excluding hydrogens is 385 g/mol. The number of carbonyl (C=O) groups is 1. The number of hydrogen-bond donors (Lipinski definition) is 3. The van der Waals surface area contributed by atoms with Crippen molar-refractivity contribution in [2.45, 2.75) is 0 Å². The molecule has 3 N–H and O–H groups in total. The monoisotopic (exact) mass is 411 g/mol. The van der Waals surface area contributed by atoms with Crippen LogP contribution in [0.25, 0.3) is 0 Å². The Balaban J connectivity index is 0.00000400. The van der Waals surface area contributed by atoms with Crippen LogP contribution in [0.3, 0.4) is 0 Å². The Bertz CT molecular complexity index is 333. The molecule has 0 radical (unpaired) electrons. The Morgan fingerprint density at radius 2 is 2.05 bits per heavy atom. The molecule has 1 heterocycles. The lowest BCUT2D eigenvalue weighted by molar-refractivity contribution is -0.119. The Hall–Kier alpha value is -0.870. The summed E-state index contributed by atoms with van der Waals surface area (Å²) < 4.78 is 5.30. The molecule has 0 saturated carbocycles. The first-order valence-electron chi connectivity index (χ1n) is 6.88. The van der Waals surface area contributed by atoms with Gasteiger partial charge in [-0.1, -0.05) is 6.08 Å². The van der Waals surface area contributed by atoms with Crippen molar-refractivity contribution in [1.82, 2.24) is 20.9 Å². The van der Waals surface area contributed by atoms with Crippen molar-refractivity contribution in [2.24, 2.45) is 4.99 Å². The lowest BCUT2D eigenvalue weighted by atomic mass is 10.4. The van der Waals surface area contributed by atoms with E-state index in [0.29, 0.717) is 12.5 Å². The van der Waals surface area contributed by atoms with Gasteiger partial charge in [0.2, 0.25) is 5.91 Å². The molecule has 7 nitrogen and oxygen atoms in total. The van der Waals surface area contributed by atoms with E-state index in [0.717, 1.165) is 39.4 Å². The number of rotatable bonds is 7. The summed E-state index contributed by atoms with van der Waals surface area (Å²) in [5.41, 5.74) is 0. The van der Waals surface area contributed by atoms with Crippen molar-refractivity contribution < 1.29 is 9.53 Å². The van der Waals surface area contributed by atoms with Crippen molar-refractivity contribution in [3.8, 4) is 0 Å². The van der Waals surface area contributed by atoms with Gasteiger partial charge in [-0.15, -0.1) is 30.6 Å². The van der Waals surface area contributed by atoms with Gasteiger partial charge in [-0.25, -0.2) is 0 Å². The van der Waals surface area contributed by atoms with Gasteiger partial charge in [0.15, 0.2) is 5.96 Å². The summed E-state index contributed by atoms with van der Waals surface area (Å²) >= 11 is 0. The van der Waals surface area contributed by atoms with Crippen LogP contribution >= 0.6 is 24.0 Å². The van der Waals surface area contributed by atoms with Crippen LogP contribution in [0, 0.1) is 0 Å². The molecule has 8 heteroatoms. The number of nitrogens with one attached hydrogen (secondary N) is 3. The third-order valence-corrected chi connectivity index (χ3v) is 2.91. The Morgan fingerprint density at radius 3 is 2.67 bits per heavy atom. The molecule has 1 aliphatic heterocycles. The topological polar surface area (TPSA) is 78.0 Å². The molecule has 0 aromatic rings. The maximum Gasteiger partial charge on any atom is 0.239 e. The van der Waals surface area contributed by atoms with E-state index in [4.69, 9.17) is 4.74 Å². The zero-order valence-corrected chi connectivity index (χ0v) is 14.9. The third kappa shape index (κ3) is 9.64. The minimum atomic E-state index is -0.0824. The van der Waals surface area contributed by atoms with Crippen molar-refractivity contribution >= 4 is 35.8 Å². The van der Waals surface area contributed by atoms with E-state index in [-0.39, 0.29) is 36.4 Å². The lowest BCUT2D eigenvalue weighted by Crippen LogP contribution is -2.46. The highest BCUT2D eigenvalue weighted by molar-refractivity contribution is 14.0. The summed E-state index contributed by atoms with van der Waals surface area (Å²) in [6.07, 6.45) is 1.65. The predicted molar refractivity (Wildman–Crippen MR) is 95.2 cm³/mol. The van der Waals surface area contributed by atoms with Crippen LogP contribution in [0.5, 0.6) is 0 Å². The Labute approximate surface area is 143 Å². The van der Waals surface area contributed by atoms with Gasteiger partial charge in [0.05, 0.1) is 19.8 Å². The molecule has 1 saturated heterocycles. The largest absolute Gasteiger partial charge is 0.379 e. The summed E-state index contributed by atoms with van der Waals surface area (Å²) in [6.45, 7) is 9.49. The maximum atomic E-state index is 11.4. The molecule has 1 aliphatic rings. The molecule has 0 bridgehead atoms. The van der Waals surface area contributed by atoms with E-state index < -0.39 is 0 Å². The second kappa shape index (κ2) is 12.8. The predicted octanol–water partition coefficient (Wildman–Crippen LogP) is -0.596. The average molecular weight is 411 g/mol. The molecule has 21 heavy (non-hydrogen) atoms. The fourth-order valence-corrected chi connectivity index (χ4v) is 1.79. The van der Waals surface area contributed by atoms with Crippen LogP contribution in [0.15, 0.2) is 17.6 Å². The standard InChI is InChI=1S/C13H25N5O2.HI/c1-3-4-15-12(19)11-17-13(14-2)16-5-6-18-7-9-20-10-8-18;/h3H,1,4-11H2,2H3,(H,15,19)(H2,14,16,17);1H. The number of halogens is 1. The maximum absolute atomic E-state index is 11.4. The first-order chi connectivity index (χ1) is 9.76. The number of nitrogens with zero attached hydrogens (tertiary/aromatic N) is 2. The quantitative estimate of drug-likeness (QED) is 0.226. The molecule has 0 aromatic heterocycles. The number of morpholine rings is 1. The van der Waals surface area contributed by atoms with Gasteiger partial charge in [-0.3, -0.25) is 14.7 Å². The molecule has 1 amide bonds. The Kier molecular flexibility index (Phi) is 12.3. The van der Waals surface area contributed by atoms with Crippen molar-refractivity contribution in [2.75, 3.05) is 59.5 Å². The van der Waals surface area contributed by atoms with E-state index in [1.54, 1.807) is 13.1 Å². The van der Waals surface area contributed by atoms with Crippen molar-refractivity contribution in [1.29, 1.82) is 0 Å². The zero-order chi connectivity index (χ0) is 14.6. The zero-order valence-electron chi connectivity index (χ0n) is 12.6. The van der Waals surface area contributed by atoms with Gasteiger partial charge in [0.1, 0.15) is 0 Å². The molecule has 0 unspecified atom stereocenters. The van der Waals surface area contributed by atoms with Gasteiger partial charge < -0.3 is 20.7 Å². The highest BCUT2D eigenvalue weighted by Gasteiger charge is 2.09. The summed E-state index contributed by atoms with van der Waals surface area (Å²) in [5.74, 6) is 0.549. The van der Waals surface area contributed by atoms with E-state index in [1.165, 1.54) is 0 Å². The summed E-state index contributed by atoms with van der Waals surface area (Å²) in [7, 11) is 1.69.